The third kappa shape index (κ3) is 3.39. The van der Waals surface area contributed by atoms with E-state index in [2.05, 4.69) is 39.6 Å². The number of hydrogen-bond acceptors (Lipinski definition) is 2. The molecule has 118 valence electrons. The van der Waals surface area contributed by atoms with Gasteiger partial charge in [0.1, 0.15) is 0 Å². The van der Waals surface area contributed by atoms with Gasteiger partial charge < -0.3 is 5.73 Å². The molecule has 2 saturated carbocycles. The Hall–Kier alpha value is -0.0800. The highest BCUT2D eigenvalue weighted by atomic mass is 15.2. The van der Waals surface area contributed by atoms with E-state index in [4.69, 9.17) is 5.73 Å². The predicted octanol–water partition coefficient (Wildman–Crippen LogP) is 4.18. The van der Waals surface area contributed by atoms with Gasteiger partial charge in [-0.05, 0) is 62.8 Å². The van der Waals surface area contributed by atoms with Gasteiger partial charge in [-0.25, -0.2) is 0 Å². The molecule has 0 saturated heterocycles. The highest BCUT2D eigenvalue weighted by Crippen LogP contribution is 2.46. The number of rotatable bonds is 3. The minimum atomic E-state index is 0.258. The summed E-state index contributed by atoms with van der Waals surface area (Å²) in [4.78, 5) is 2.70. The summed E-state index contributed by atoms with van der Waals surface area (Å²) < 4.78 is 0. The molecular formula is C18H36N2. The highest BCUT2D eigenvalue weighted by molar-refractivity contribution is 5.01. The lowest BCUT2D eigenvalue weighted by Crippen LogP contribution is -2.59. The third-order valence-electron chi connectivity index (χ3n) is 6.29. The first kappa shape index (κ1) is 16.3. The topological polar surface area (TPSA) is 29.3 Å². The maximum absolute atomic E-state index is 6.28. The lowest BCUT2D eigenvalue weighted by molar-refractivity contribution is -0.0190. The van der Waals surface area contributed by atoms with Crippen LogP contribution >= 0.6 is 0 Å². The molecule has 2 nitrogen and oxygen atoms in total. The fourth-order valence-corrected chi connectivity index (χ4v) is 4.74. The van der Waals surface area contributed by atoms with Gasteiger partial charge >= 0.3 is 0 Å². The van der Waals surface area contributed by atoms with Crippen LogP contribution in [0.15, 0.2) is 0 Å². The van der Waals surface area contributed by atoms with Crippen LogP contribution in [-0.2, 0) is 0 Å². The Morgan fingerprint density at radius 1 is 0.950 bits per heavy atom. The number of nitrogens with two attached hydrogens (primary N) is 1. The molecule has 0 amide bonds. The molecule has 2 aliphatic rings. The van der Waals surface area contributed by atoms with Crippen molar-refractivity contribution < 1.29 is 0 Å². The van der Waals surface area contributed by atoms with E-state index in [1.807, 2.05) is 0 Å². The summed E-state index contributed by atoms with van der Waals surface area (Å²) in [5.74, 6) is 0. The van der Waals surface area contributed by atoms with Gasteiger partial charge in [-0.1, -0.05) is 34.1 Å². The zero-order valence-electron chi connectivity index (χ0n) is 14.5. The van der Waals surface area contributed by atoms with Crippen LogP contribution in [0.2, 0.25) is 0 Å². The van der Waals surface area contributed by atoms with Crippen molar-refractivity contribution in [3.63, 3.8) is 0 Å². The van der Waals surface area contributed by atoms with Crippen LogP contribution in [0, 0.1) is 10.8 Å². The molecule has 0 aromatic heterocycles. The minimum absolute atomic E-state index is 0.258. The average Bonchev–Trinajstić information content (AvgIpc) is 2.36. The largest absolute Gasteiger partial charge is 0.329 e. The van der Waals surface area contributed by atoms with E-state index in [-0.39, 0.29) is 5.54 Å². The lowest BCUT2D eigenvalue weighted by Gasteiger charge is -2.53. The van der Waals surface area contributed by atoms with Gasteiger partial charge in [0.05, 0.1) is 0 Å². The molecule has 2 heteroatoms. The van der Waals surface area contributed by atoms with Gasteiger partial charge in [0.25, 0.3) is 0 Å². The molecule has 0 aromatic carbocycles. The zero-order chi connectivity index (χ0) is 15.0. The van der Waals surface area contributed by atoms with E-state index in [0.29, 0.717) is 10.8 Å². The molecule has 20 heavy (non-hydrogen) atoms. The van der Waals surface area contributed by atoms with Crippen LogP contribution in [0.3, 0.4) is 0 Å². The normalized spacial score (nSPS) is 34.4. The monoisotopic (exact) mass is 280 g/mol. The maximum Gasteiger partial charge on any atom is 0.0336 e. The standard InChI is InChI=1S/C18H36N2/c1-16(2)11-7-15(8-12-16)20(5)18(14-19)10-6-9-17(3,4)13-18/h15H,6-14,19H2,1-5H3. The van der Waals surface area contributed by atoms with Crippen LogP contribution < -0.4 is 5.73 Å². The van der Waals surface area contributed by atoms with Gasteiger partial charge in [-0.15, -0.1) is 0 Å². The summed E-state index contributed by atoms with van der Waals surface area (Å²) in [5, 5.41) is 0. The smallest absolute Gasteiger partial charge is 0.0336 e. The summed E-state index contributed by atoms with van der Waals surface area (Å²) in [6, 6.07) is 0.750. The van der Waals surface area contributed by atoms with Crippen molar-refractivity contribution in [3.8, 4) is 0 Å². The summed E-state index contributed by atoms with van der Waals surface area (Å²) in [6.45, 7) is 10.5. The van der Waals surface area contributed by atoms with E-state index < -0.39 is 0 Å². The van der Waals surface area contributed by atoms with Crippen molar-refractivity contribution in [3.05, 3.63) is 0 Å². The fourth-order valence-electron chi connectivity index (χ4n) is 4.74. The first-order valence-corrected chi connectivity index (χ1v) is 8.63. The lowest BCUT2D eigenvalue weighted by atomic mass is 9.66. The van der Waals surface area contributed by atoms with Gasteiger partial charge in [0.15, 0.2) is 0 Å². The van der Waals surface area contributed by atoms with Crippen molar-refractivity contribution in [2.45, 2.75) is 90.6 Å². The molecule has 2 rings (SSSR count). The number of hydrogen-bond donors (Lipinski definition) is 1. The molecule has 2 fully saturated rings. The quantitative estimate of drug-likeness (QED) is 0.840. The Labute approximate surface area is 126 Å². The van der Waals surface area contributed by atoms with E-state index in [1.165, 1.54) is 51.4 Å². The molecule has 0 aliphatic heterocycles. The van der Waals surface area contributed by atoms with Crippen molar-refractivity contribution in [1.29, 1.82) is 0 Å². The summed E-state index contributed by atoms with van der Waals surface area (Å²) in [7, 11) is 2.36. The molecule has 1 unspecified atom stereocenters. The van der Waals surface area contributed by atoms with Crippen molar-refractivity contribution in [2.75, 3.05) is 13.6 Å². The van der Waals surface area contributed by atoms with Crippen molar-refractivity contribution >= 4 is 0 Å². The van der Waals surface area contributed by atoms with Crippen molar-refractivity contribution in [1.82, 2.24) is 4.90 Å². The Morgan fingerprint density at radius 3 is 2.05 bits per heavy atom. The van der Waals surface area contributed by atoms with Crippen LogP contribution in [0.25, 0.3) is 0 Å². The second-order valence-corrected chi connectivity index (χ2v) is 9.13. The molecule has 0 aromatic rings. The SMILES string of the molecule is CN(C1CCC(C)(C)CC1)C1(CN)CCCC(C)(C)C1. The summed E-state index contributed by atoms with van der Waals surface area (Å²) in [5.41, 5.74) is 7.55. The Morgan fingerprint density at radius 2 is 1.55 bits per heavy atom. The Balaban J connectivity index is 2.07. The van der Waals surface area contributed by atoms with Gasteiger partial charge in [-0.3, -0.25) is 4.90 Å². The molecule has 0 radical (unpaired) electrons. The maximum atomic E-state index is 6.28. The van der Waals surface area contributed by atoms with E-state index >= 15 is 0 Å². The zero-order valence-corrected chi connectivity index (χ0v) is 14.5. The van der Waals surface area contributed by atoms with Crippen LogP contribution in [0.4, 0.5) is 0 Å². The van der Waals surface area contributed by atoms with Gasteiger partial charge in [0.2, 0.25) is 0 Å². The van der Waals surface area contributed by atoms with E-state index in [0.717, 1.165) is 12.6 Å². The Bertz CT molecular complexity index is 324. The third-order valence-corrected chi connectivity index (χ3v) is 6.29. The molecule has 0 heterocycles. The van der Waals surface area contributed by atoms with E-state index in [1.54, 1.807) is 0 Å². The second kappa shape index (κ2) is 5.61. The molecule has 0 spiro atoms. The van der Waals surface area contributed by atoms with Gasteiger partial charge in [0, 0.05) is 18.1 Å². The van der Waals surface area contributed by atoms with Crippen LogP contribution in [0.1, 0.15) is 79.1 Å². The average molecular weight is 280 g/mol. The number of likely N-dealkylation sites (N-methyl/N-ethyl adjacent to an activating group) is 1. The molecule has 0 bridgehead atoms. The molecule has 2 aliphatic carbocycles. The van der Waals surface area contributed by atoms with Crippen LogP contribution in [0.5, 0.6) is 0 Å². The minimum Gasteiger partial charge on any atom is -0.329 e. The van der Waals surface area contributed by atoms with Crippen LogP contribution in [-0.4, -0.2) is 30.1 Å². The molecular weight excluding hydrogens is 244 g/mol. The fraction of sp³-hybridized carbons (Fsp3) is 1.00. The summed E-state index contributed by atoms with van der Waals surface area (Å²) >= 11 is 0. The summed E-state index contributed by atoms with van der Waals surface area (Å²) in [6.07, 6.45) is 10.7. The molecule has 1 atom stereocenters. The van der Waals surface area contributed by atoms with E-state index in [9.17, 15) is 0 Å². The van der Waals surface area contributed by atoms with Gasteiger partial charge in [-0.2, -0.15) is 0 Å². The second-order valence-electron chi connectivity index (χ2n) is 9.13. The highest BCUT2D eigenvalue weighted by Gasteiger charge is 2.44. The number of nitrogens with zero attached hydrogens (tertiary/aromatic N) is 1. The Kier molecular flexibility index (Phi) is 4.57. The van der Waals surface area contributed by atoms with Crippen molar-refractivity contribution in [2.24, 2.45) is 16.6 Å². The first-order valence-electron chi connectivity index (χ1n) is 8.63. The predicted molar refractivity (Wildman–Crippen MR) is 87.8 cm³/mol. The first-order chi connectivity index (χ1) is 9.20. The molecule has 2 N–H and O–H groups in total.